The summed E-state index contributed by atoms with van der Waals surface area (Å²) in [7, 11) is -2.60. The number of fused-ring (bicyclic) bond motifs is 2. The predicted octanol–water partition coefficient (Wildman–Crippen LogP) is 3.68. The average molecular weight is 421 g/mol. The lowest BCUT2D eigenvalue weighted by Crippen LogP contribution is -2.67. The van der Waals surface area contributed by atoms with Crippen LogP contribution >= 0.6 is 0 Å². The van der Waals surface area contributed by atoms with Crippen LogP contribution in [0.1, 0.15) is 20.8 Å². The number of aliphatic hydroxyl groups excluding tert-OH is 1. The smallest absolute Gasteiger partial charge is 0.261 e. The van der Waals surface area contributed by atoms with Crippen LogP contribution in [0.4, 0.5) is 0 Å². The molecular formula is C26H32O3Si. The monoisotopic (exact) mass is 420 g/mol. The maximum absolute atomic E-state index is 10.1. The first kappa shape index (κ1) is 21.3. The molecule has 30 heavy (non-hydrogen) atoms. The number of hydrogen-bond donors (Lipinski definition) is 1. The van der Waals surface area contributed by atoms with Gasteiger partial charge in [0, 0.05) is 25.0 Å². The van der Waals surface area contributed by atoms with Gasteiger partial charge in [0.15, 0.2) is 0 Å². The lowest BCUT2D eigenvalue weighted by atomic mass is 9.87. The number of hydrogen-bond acceptors (Lipinski definition) is 3. The fourth-order valence-corrected chi connectivity index (χ4v) is 9.63. The van der Waals surface area contributed by atoms with Crippen molar-refractivity contribution >= 4 is 18.7 Å². The summed E-state index contributed by atoms with van der Waals surface area (Å²) in [6.45, 7) is 7.55. The maximum atomic E-state index is 10.1. The number of rotatable bonds is 6. The molecule has 0 spiro atoms. The second-order valence-electron chi connectivity index (χ2n) is 9.32. The molecule has 3 nitrogen and oxygen atoms in total. The van der Waals surface area contributed by atoms with Crippen LogP contribution in [0.25, 0.3) is 0 Å². The van der Waals surface area contributed by atoms with E-state index in [4.69, 9.17) is 9.16 Å². The van der Waals surface area contributed by atoms with Gasteiger partial charge in [0.05, 0.1) is 12.2 Å². The van der Waals surface area contributed by atoms with E-state index in [9.17, 15) is 5.11 Å². The van der Waals surface area contributed by atoms with Crippen molar-refractivity contribution in [3.63, 3.8) is 0 Å². The molecule has 1 fully saturated rings. The van der Waals surface area contributed by atoms with Crippen molar-refractivity contribution < 1.29 is 14.3 Å². The van der Waals surface area contributed by atoms with E-state index >= 15 is 0 Å². The Morgan fingerprint density at radius 1 is 0.833 bits per heavy atom. The highest BCUT2D eigenvalue weighted by molar-refractivity contribution is 6.99. The average Bonchev–Trinajstić information content (AvgIpc) is 2.90. The van der Waals surface area contributed by atoms with Crippen LogP contribution in [-0.2, 0) is 9.16 Å². The van der Waals surface area contributed by atoms with E-state index in [-0.39, 0.29) is 35.7 Å². The van der Waals surface area contributed by atoms with Crippen molar-refractivity contribution in [3.8, 4) is 0 Å². The highest BCUT2D eigenvalue weighted by Gasteiger charge is 2.52. The number of ether oxygens (including phenoxy) is 1. The molecule has 0 aromatic heterocycles. The molecule has 4 rings (SSSR count). The van der Waals surface area contributed by atoms with E-state index < -0.39 is 8.32 Å². The van der Waals surface area contributed by atoms with Crippen LogP contribution in [0.15, 0.2) is 85.0 Å². The highest BCUT2D eigenvalue weighted by Crippen LogP contribution is 2.40. The standard InChI is InChI=1S/C26H32O3Si/c1-26(2,3)30(20-12-6-4-7-13-20,21-14-8-5-9-15-21)28-19-23-22(18-27)24-16-10-11-17-25(23)29-24/h4-17,22-25,27H,18-19H2,1-3H3/t22-,23+,24+,25-/m0/s1. The summed E-state index contributed by atoms with van der Waals surface area (Å²) in [6, 6.07) is 21.4. The molecule has 4 atom stereocenters. The Hall–Kier alpha value is -1.98. The van der Waals surface area contributed by atoms with Gasteiger partial charge in [0.25, 0.3) is 8.32 Å². The molecule has 2 bridgehead atoms. The van der Waals surface area contributed by atoms with E-state index in [0.29, 0.717) is 6.61 Å². The summed E-state index contributed by atoms with van der Waals surface area (Å²) in [5.74, 6) is 0.178. The predicted molar refractivity (Wildman–Crippen MR) is 125 cm³/mol. The number of allylic oxidation sites excluding steroid dienone is 2. The zero-order valence-electron chi connectivity index (χ0n) is 18.1. The molecule has 158 valence electrons. The normalized spacial score (nSPS) is 26.0. The lowest BCUT2D eigenvalue weighted by molar-refractivity contribution is 0.0743. The van der Waals surface area contributed by atoms with Gasteiger partial charge < -0.3 is 14.3 Å². The van der Waals surface area contributed by atoms with Crippen LogP contribution in [0.3, 0.4) is 0 Å². The Morgan fingerprint density at radius 2 is 1.33 bits per heavy atom. The minimum Gasteiger partial charge on any atom is -0.407 e. The summed E-state index contributed by atoms with van der Waals surface area (Å²) in [4.78, 5) is 0. The molecule has 2 aromatic rings. The van der Waals surface area contributed by atoms with Crippen LogP contribution in [0, 0.1) is 11.8 Å². The van der Waals surface area contributed by atoms with Crippen molar-refractivity contribution in [2.75, 3.05) is 13.2 Å². The minimum atomic E-state index is -2.60. The minimum absolute atomic E-state index is 0.0274. The number of benzene rings is 2. The fraction of sp³-hybridized carbons (Fsp3) is 0.385. The van der Waals surface area contributed by atoms with Gasteiger partial charge in [-0.25, -0.2) is 0 Å². The molecule has 1 N–H and O–H groups in total. The first-order valence-corrected chi connectivity index (χ1v) is 12.7. The third-order valence-corrected chi connectivity index (χ3v) is 11.5. The maximum Gasteiger partial charge on any atom is 0.261 e. The lowest BCUT2D eigenvalue weighted by Gasteiger charge is -2.44. The second kappa shape index (κ2) is 8.64. The van der Waals surface area contributed by atoms with Gasteiger partial charge in [-0.05, 0) is 15.4 Å². The van der Waals surface area contributed by atoms with E-state index in [2.05, 4.69) is 93.6 Å². The fourth-order valence-electron chi connectivity index (χ4n) is 5.03. The summed E-state index contributed by atoms with van der Waals surface area (Å²) < 4.78 is 13.3. The first-order chi connectivity index (χ1) is 14.5. The molecule has 4 heteroatoms. The van der Waals surface area contributed by atoms with Crippen molar-refractivity contribution in [1.29, 1.82) is 0 Å². The van der Waals surface area contributed by atoms with Crippen LogP contribution in [-0.4, -0.2) is 38.8 Å². The van der Waals surface area contributed by atoms with Crippen molar-refractivity contribution in [2.24, 2.45) is 11.8 Å². The van der Waals surface area contributed by atoms with Gasteiger partial charge in [-0.3, -0.25) is 0 Å². The zero-order chi connectivity index (χ0) is 21.2. The zero-order valence-corrected chi connectivity index (χ0v) is 19.1. The van der Waals surface area contributed by atoms with Gasteiger partial charge >= 0.3 is 0 Å². The van der Waals surface area contributed by atoms with Gasteiger partial charge in [-0.2, -0.15) is 0 Å². The van der Waals surface area contributed by atoms with Crippen molar-refractivity contribution in [3.05, 3.63) is 85.0 Å². The van der Waals surface area contributed by atoms with Gasteiger partial charge in [0.1, 0.15) is 0 Å². The third kappa shape index (κ3) is 3.74. The van der Waals surface area contributed by atoms with E-state index in [1.807, 2.05) is 12.2 Å². The Bertz CT molecular complexity index is 846. The third-order valence-electron chi connectivity index (χ3n) is 6.54. The molecular weight excluding hydrogens is 388 g/mol. The van der Waals surface area contributed by atoms with Gasteiger partial charge in [-0.1, -0.05) is 106 Å². The van der Waals surface area contributed by atoms with Gasteiger partial charge in [-0.15, -0.1) is 0 Å². The largest absolute Gasteiger partial charge is 0.407 e. The van der Waals surface area contributed by atoms with E-state index in [0.717, 1.165) is 0 Å². The summed E-state index contributed by atoms with van der Waals surface area (Å²) in [5.41, 5.74) is 0. The molecule has 0 aliphatic carbocycles. The Morgan fingerprint density at radius 3 is 1.80 bits per heavy atom. The molecule has 0 amide bonds. The first-order valence-electron chi connectivity index (χ1n) is 10.8. The number of aliphatic hydroxyl groups is 1. The Labute approximate surface area is 181 Å². The molecule has 0 radical (unpaired) electrons. The quantitative estimate of drug-likeness (QED) is 0.725. The van der Waals surface area contributed by atoms with Crippen LogP contribution in [0.2, 0.25) is 5.04 Å². The summed E-state index contributed by atoms with van der Waals surface area (Å²) in [5, 5.41) is 12.6. The SMILES string of the molecule is CC(C)(C)[Si](OC[C@@H]1[C@H](CO)[C@H]2C=CC=C[C@@H]1O2)(c1ccccc1)c1ccccc1. The van der Waals surface area contributed by atoms with E-state index in [1.165, 1.54) is 10.4 Å². The molecule has 2 aromatic carbocycles. The van der Waals surface area contributed by atoms with Gasteiger partial charge in [0.2, 0.25) is 0 Å². The van der Waals surface area contributed by atoms with Crippen molar-refractivity contribution in [2.45, 2.75) is 38.0 Å². The topological polar surface area (TPSA) is 38.7 Å². The summed E-state index contributed by atoms with van der Waals surface area (Å²) in [6.07, 6.45) is 8.15. The van der Waals surface area contributed by atoms with Crippen LogP contribution in [0.5, 0.6) is 0 Å². The molecule has 2 aliphatic heterocycles. The Balaban J connectivity index is 1.74. The molecule has 0 saturated carbocycles. The second-order valence-corrected chi connectivity index (χ2v) is 13.6. The highest BCUT2D eigenvalue weighted by atomic mass is 28.4. The Kier molecular flexibility index (Phi) is 6.12. The molecule has 2 heterocycles. The molecule has 0 unspecified atom stereocenters. The van der Waals surface area contributed by atoms with E-state index in [1.54, 1.807) is 0 Å². The summed E-state index contributed by atoms with van der Waals surface area (Å²) >= 11 is 0. The van der Waals surface area contributed by atoms with Crippen molar-refractivity contribution in [1.82, 2.24) is 0 Å². The molecule has 1 saturated heterocycles. The van der Waals surface area contributed by atoms with Crippen LogP contribution < -0.4 is 10.4 Å². The molecule has 2 aliphatic rings.